The minimum atomic E-state index is -3.76. The average molecular weight is 393 g/mol. The summed E-state index contributed by atoms with van der Waals surface area (Å²) in [6, 6.07) is 4.30. The number of nitrogens with zero attached hydrogens (tertiary/aromatic N) is 3. The fraction of sp³-hybridized carbons (Fsp3) is 0.556. The Labute approximate surface area is 158 Å². The number of allylic oxidation sites excluding steroid dienone is 2. The van der Waals surface area contributed by atoms with Crippen molar-refractivity contribution in [2.45, 2.75) is 17.7 Å². The number of anilines is 1. The molecule has 4 rings (SSSR count). The van der Waals surface area contributed by atoms with Gasteiger partial charge in [-0.3, -0.25) is 10.1 Å². The molecule has 0 radical (unpaired) electrons. The first kappa shape index (κ1) is 18.4. The molecule has 2 heterocycles. The Balaban J connectivity index is 1.64. The first-order valence-electron chi connectivity index (χ1n) is 9.23. The molecule has 0 saturated carbocycles. The highest BCUT2D eigenvalue weighted by Gasteiger charge is 2.36. The quantitative estimate of drug-likeness (QED) is 0.441. The SMILES string of the molecule is O=[N+]([O-])c1cc(S(=O)(=O)N2CCOCC2)ccc1N1CC2CC=CCC2C1. The highest BCUT2D eigenvalue weighted by atomic mass is 32.2. The van der Waals surface area contributed by atoms with E-state index in [9.17, 15) is 18.5 Å². The van der Waals surface area contributed by atoms with Crippen molar-refractivity contribution in [2.24, 2.45) is 11.8 Å². The van der Waals surface area contributed by atoms with Gasteiger partial charge in [-0.15, -0.1) is 0 Å². The van der Waals surface area contributed by atoms with E-state index in [-0.39, 0.29) is 23.7 Å². The van der Waals surface area contributed by atoms with E-state index >= 15 is 0 Å². The minimum Gasteiger partial charge on any atom is -0.379 e. The van der Waals surface area contributed by atoms with Gasteiger partial charge in [-0.25, -0.2) is 8.42 Å². The summed E-state index contributed by atoms with van der Waals surface area (Å²) in [4.78, 5) is 13.2. The molecule has 0 bridgehead atoms. The van der Waals surface area contributed by atoms with Crippen LogP contribution in [0, 0.1) is 22.0 Å². The highest BCUT2D eigenvalue weighted by molar-refractivity contribution is 7.89. The number of hydrogen-bond donors (Lipinski definition) is 0. The summed E-state index contributed by atoms with van der Waals surface area (Å²) >= 11 is 0. The third-order valence-corrected chi connectivity index (χ3v) is 7.61. The van der Waals surface area contributed by atoms with E-state index in [1.165, 1.54) is 16.4 Å². The lowest BCUT2D eigenvalue weighted by Gasteiger charge is -2.26. The fourth-order valence-electron chi connectivity index (χ4n) is 4.22. The van der Waals surface area contributed by atoms with Gasteiger partial charge in [0, 0.05) is 32.2 Å². The maximum atomic E-state index is 12.8. The van der Waals surface area contributed by atoms with E-state index in [0.29, 0.717) is 30.7 Å². The normalized spacial score (nSPS) is 26.1. The molecule has 27 heavy (non-hydrogen) atoms. The van der Waals surface area contributed by atoms with Gasteiger partial charge in [-0.1, -0.05) is 12.2 Å². The number of nitro groups is 1. The van der Waals surface area contributed by atoms with Gasteiger partial charge in [0.15, 0.2) is 0 Å². The van der Waals surface area contributed by atoms with Gasteiger partial charge in [0.05, 0.1) is 23.0 Å². The molecule has 9 heteroatoms. The van der Waals surface area contributed by atoms with Crippen LogP contribution in [0.25, 0.3) is 0 Å². The zero-order valence-electron chi connectivity index (χ0n) is 15.0. The summed E-state index contributed by atoms with van der Waals surface area (Å²) in [6.07, 6.45) is 6.35. The molecule has 2 atom stereocenters. The van der Waals surface area contributed by atoms with Gasteiger partial charge in [0.2, 0.25) is 10.0 Å². The number of nitro benzene ring substituents is 1. The van der Waals surface area contributed by atoms with E-state index in [1.807, 2.05) is 4.90 Å². The smallest absolute Gasteiger partial charge is 0.293 e. The predicted molar refractivity (Wildman–Crippen MR) is 100 cm³/mol. The Kier molecular flexibility index (Phi) is 4.92. The van der Waals surface area contributed by atoms with Crippen molar-refractivity contribution in [3.8, 4) is 0 Å². The summed E-state index contributed by atoms with van der Waals surface area (Å²) in [6.45, 7) is 2.74. The van der Waals surface area contributed by atoms with E-state index in [2.05, 4.69) is 12.2 Å². The topological polar surface area (TPSA) is 93.0 Å². The standard InChI is InChI=1S/C18H23N3O5S/c22-21(23)18-11-16(27(24,25)20-7-9-26-10-8-20)5-6-17(18)19-12-14-3-1-2-4-15(14)13-19/h1-2,5-6,11,14-15H,3-4,7-10,12-13H2. The highest BCUT2D eigenvalue weighted by Crippen LogP contribution is 2.39. The summed E-state index contributed by atoms with van der Waals surface area (Å²) in [7, 11) is -3.76. The van der Waals surface area contributed by atoms with Gasteiger partial charge in [-0.2, -0.15) is 4.31 Å². The molecular weight excluding hydrogens is 370 g/mol. The Morgan fingerprint density at radius 1 is 1.07 bits per heavy atom. The van der Waals surface area contributed by atoms with Crippen LogP contribution < -0.4 is 4.90 Å². The van der Waals surface area contributed by atoms with Crippen LogP contribution in [0.3, 0.4) is 0 Å². The molecule has 0 spiro atoms. The molecule has 0 aromatic heterocycles. The van der Waals surface area contributed by atoms with Crippen LogP contribution in [-0.2, 0) is 14.8 Å². The molecule has 2 saturated heterocycles. The lowest BCUT2D eigenvalue weighted by atomic mass is 9.86. The van der Waals surface area contributed by atoms with Crippen molar-refractivity contribution in [3.05, 3.63) is 40.5 Å². The lowest BCUT2D eigenvalue weighted by molar-refractivity contribution is -0.384. The molecular formula is C18H23N3O5S. The Morgan fingerprint density at radius 2 is 1.70 bits per heavy atom. The number of sulfonamides is 1. The fourth-order valence-corrected chi connectivity index (χ4v) is 5.65. The Bertz CT molecular complexity index is 848. The zero-order chi connectivity index (χ0) is 19.0. The van der Waals surface area contributed by atoms with Gasteiger partial charge in [0.25, 0.3) is 5.69 Å². The Hall–Kier alpha value is -1.97. The van der Waals surface area contributed by atoms with Gasteiger partial charge < -0.3 is 9.64 Å². The maximum absolute atomic E-state index is 12.8. The monoisotopic (exact) mass is 393 g/mol. The molecule has 146 valence electrons. The van der Waals surface area contributed by atoms with E-state index in [0.717, 1.165) is 25.9 Å². The number of benzene rings is 1. The second kappa shape index (κ2) is 7.21. The predicted octanol–water partition coefficient (Wildman–Crippen LogP) is 2.02. The zero-order valence-corrected chi connectivity index (χ0v) is 15.8. The second-order valence-electron chi connectivity index (χ2n) is 7.29. The average Bonchev–Trinajstić information content (AvgIpc) is 3.12. The molecule has 1 aromatic rings. The van der Waals surface area contributed by atoms with E-state index in [1.54, 1.807) is 6.07 Å². The molecule has 0 amide bonds. The van der Waals surface area contributed by atoms with Crippen molar-refractivity contribution < 1.29 is 18.1 Å². The second-order valence-corrected chi connectivity index (χ2v) is 9.23. The Morgan fingerprint density at radius 3 is 2.30 bits per heavy atom. The number of hydrogen-bond acceptors (Lipinski definition) is 6. The first-order valence-corrected chi connectivity index (χ1v) is 10.7. The summed E-state index contributed by atoms with van der Waals surface area (Å²) in [5, 5.41) is 11.7. The van der Waals surface area contributed by atoms with Crippen LogP contribution in [0.2, 0.25) is 0 Å². The number of fused-ring (bicyclic) bond motifs is 1. The van der Waals surface area contributed by atoms with Gasteiger partial charge in [-0.05, 0) is 36.8 Å². The van der Waals surface area contributed by atoms with E-state index in [4.69, 9.17) is 4.74 Å². The molecule has 8 nitrogen and oxygen atoms in total. The van der Waals surface area contributed by atoms with Crippen LogP contribution >= 0.6 is 0 Å². The first-order chi connectivity index (χ1) is 13.0. The summed E-state index contributed by atoms with van der Waals surface area (Å²) < 4.78 is 32.2. The van der Waals surface area contributed by atoms with Gasteiger partial charge in [0.1, 0.15) is 5.69 Å². The van der Waals surface area contributed by atoms with E-state index < -0.39 is 14.9 Å². The summed E-state index contributed by atoms with van der Waals surface area (Å²) in [5.41, 5.74) is 0.367. The molecule has 1 aromatic carbocycles. The van der Waals surface area contributed by atoms with Gasteiger partial charge >= 0.3 is 0 Å². The minimum absolute atomic E-state index is 0.0295. The number of ether oxygens (including phenoxy) is 1. The van der Waals surface area contributed by atoms with Crippen LogP contribution in [0.15, 0.2) is 35.2 Å². The number of morpholine rings is 1. The maximum Gasteiger partial charge on any atom is 0.293 e. The van der Waals surface area contributed by atoms with Crippen molar-refractivity contribution in [2.75, 3.05) is 44.3 Å². The van der Waals surface area contributed by atoms with Crippen molar-refractivity contribution in [1.82, 2.24) is 4.31 Å². The van der Waals surface area contributed by atoms with Crippen LogP contribution in [-0.4, -0.2) is 57.0 Å². The van der Waals surface area contributed by atoms with Crippen molar-refractivity contribution in [1.29, 1.82) is 0 Å². The molecule has 1 aliphatic carbocycles. The van der Waals surface area contributed by atoms with Crippen molar-refractivity contribution >= 4 is 21.4 Å². The third-order valence-electron chi connectivity index (χ3n) is 5.71. The summed E-state index contributed by atoms with van der Waals surface area (Å²) in [5.74, 6) is 1.01. The molecule has 0 N–H and O–H groups in total. The third kappa shape index (κ3) is 3.46. The molecule has 2 aliphatic heterocycles. The van der Waals surface area contributed by atoms with Crippen LogP contribution in [0.5, 0.6) is 0 Å². The lowest BCUT2D eigenvalue weighted by Crippen LogP contribution is -2.40. The molecule has 3 aliphatic rings. The molecule has 2 fully saturated rings. The number of rotatable bonds is 4. The van der Waals surface area contributed by atoms with Crippen LogP contribution in [0.1, 0.15) is 12.8 Å². The molecule has 2 unspecified atom stereocenters. The van der Waals surface area contributed by atoms with Crippen molar-refractivity contribution in [3.63, 3.8) is 0 Å². The van der Waals surface area contributed by atoms with Crippen LogP contribution in [0.4, 0.5) is 11.4 Å². The largest absolute Gasteiger partial charge is 0.379 e.